The summed E-state index contributed by atoms with van der Waals surface area (Å²) in [5.74, 6) is 2.25. The molecule has 0 spiro atoms. The number of ether oxygens (including phenoxy) is 1. The Morgan fingerprint density at radius 2 is 1.90 bits per heavy atom. The molecule has 2 heterocycles. The first-order chi connectivity index (χ1) is 14.5. The van der Waals surface area contributed by atoms with Crippen LogP contribution < -0.4 is 4.74 Å². The van der Waals surface area contributed by atoms with Crippen LogP contribution in [0.1, 0.15) is 57.3 Å². The van der Waals surface area contributed by atoms with Crippen LogP contribution >= 0.6 is 0 Å². The summed E-state index contributed by atoms with van der Waals surface area (Å²) in [6.07, 6.45) is 3.37. The summed E-state index contributed by atoms with van der Waals surface area (Å²) in [5.41, 5.74) is 3.16. The molecule has 1 unspecified atom stereocenters. The molecule has 0 bridgehead atoms. The minimum atomic E-state index is 0.160. The number of fused-ring (bicyclic) bond motifs is 1. The molecule has 1 fully saturated rings. The lowest BCUT2D eigenvalue weighted by molar-refractivity contribution is -0.135. The third kappa shape index (κ3) is 4.35. The number of imidazole rings is 1. The largest absolute Gasteiger partial charge is 0.486 e. The van der Waals surface area contributed by atoms with E-state index in [9.17, 15) is 4.79 Å². The van der Waals surface area contributed by atoms with E-state index in [1.165, 1.54) is 12.0 Å². The molecule has 5 heteroatoms. The number of carbonyl (C=O) groups is 1. The molecule has 1 aliphatic heterocycles. The Kier molecular flexibility index (Phi) is 6.07. The second-order valence-corrected chi connectivity index (χ2v) is 8.55. The predicted molar refractivity (Wildman–Crippen MR) is 120 cm³/mol. The zero-order valence-corrected chi connectivity index (χ0v) is 18.2. The van der Waals surface area contributed by atoms with E-state index in [-0.39, 0.29) is 5.91 Å². The van der Waals surface area contributed by atoms with Crippen LogP contribution in [0.25, 0.3) is 11.0 Å². The van der Waals surface area contributed by atoms with Gasteiger partial charge >= 0.3 is 0 Å². The third-order valence-electron chi connectivity index (χ3n) is 6.07. The van der Waals surface area contributed by atoms with Crippen molar-refractivity contribution in [2.45, 2.75) is 65.1 Å². The highest BCUT2D eigenvalue weighted by Crippen LogP contribution is 2.22. The van der Waals surface area contributed by atoms with Crippen molar-refractivity contribution in [2.75, 3.05) is 6.54 Å². The van der Waals surface area contributed by atoms with Crippen LogP contribution in [0.5, 0.6) is 5.75 Å². The Labute approximate surface area is 178 Å². The molecule has 30 heavy (non-hydrogen) atoms. The molecular formula is C25H31N3O2. The number of nitrogens with zero attached hydrogens (tertiary/aromatic N) is 3. The number of aromatic nitrogens is 2. The van der Waals surface area contributed by atoms with Gasteiger partial charge in [-0.3, -0.25) is 4.79 Å². The first-order valence-corrected chi connectivity index (χ1v) is 11.0. The number of para-hydroxylation sites is 2. The van der Waals surface area contributed by atoms with Crippen molar-refractivity contribution in [3.8, 4) is 5.75 Å². The first kappa shape index (κ1) is 20.5. The molecule has 1 aromatic heterocycles. The molecule has 4 rings (SSSR count). The van der Waals surface area contributed by atoms with Gasteiger partial charge in [-0.1, -0.05) is 38.1 Å². The summed E-state index contributed by atoms with van der Waals surface area (Å²) in [5, 5.41) is 0. The average molecular weight is 406 g/mol. The molecule has 158 valence electrons. The molecular weight excluding hydrogens is 374 g/mol. The molecule has 5 nitrogen and oxygen atoms in total. The minimum absolute atomic E-state index is 0.160. The van der Waals surface area contributed by atoms with Gasteiger partial charge < -0.3 is 14.2 Å². The average Bonchev–Trinajstić information content (AvgIpc) is 3.10. The lowest BCUT2D eigenvalue weighted by atomic mass is 10.0. The van der Waals surface area contributed by atoms with Gasteiger partial charge in [0.2, 0.25) is 5.91 Å². The number of likely N-dealkylation sites (tertiary alicyclic amines) is 1. The standard InChI is InChI=1S/C25H31N3O2/c1-18(2)20-11-13-21(14-12-20)30-17-24-26-22-9-4-5-10-23(22)28(24)16-25(29)27-15-7-6-8-19(27)3/h4-5,9-14,18-19H,6-8,15-17H2,1-3H3. The van der Waals surface area contributed by atoms with Crippen LogP contribution in [0.15, 0.2) is 48.5 Å². The van der Waals surface area contributed by atoms with E-state index >= 15 is 0 Å². The predicted octanol–water partition coefficient (Wildman–Crippen LogP) is 5.14. The Balaban J connectivity index is 1.54. The summed E-state index contributed by atoms with van der Waals surface area (Å²) < 4.78 is 8.05. The Bertz CT molecular complexity index is 1010. The number of piperidine rings is 1. The summed E-state index contributed by atoms with van der Waals surface area (Å²) >= 11 is 0. The zero-order valence-electron chi connectivity index (χ0n) is 18.2. The van der Waals surface area contributed by atoms with E-state index in [0.29, 0.717) is 25.1 Å². The molecule has 2 aromatic carbocycles. The highest BCUT2D eigenvalue weighted by molar-refractivity contribution is 5.81. The van der Waals surface area contributed by atoms with Gasteiger partial charge in [-0.15, -0.1) is 0 Å². The summed E-state index contributed by atoms with van der Waals surface area (Å²) in [6.45, 7) is 7.99. The van der Waals surface area contributed by atoms with E-state index in [4.69, 9.17) is 9.72 Å². The van der Waals surface area contributed by atoms with Gasteiger partial charge in [-0.25, -0.2) is 4.98 Å². The molecule has 1 atom stereocenters. The quantitative estimate of drug-likeness (QED) is 0.570. The van der Waals surface area contributed by atoms with Crippen LogP contribution in [-0.4, -0.2) is 32.9 Å². The normalized spacial score (nSPS) is 16.9. The number of carbonyl (C=O) groups excluding carboxylic acids is 1. The van der Waals surface area contributed by atoms with Crippen molar-refractivity contribution in [3.63, 3.8) is 0 Å². The summed E-state index contributed by atoms with van der Waals surface area (Å²) in [4.78, 5) is 19.9. The third-order valence-corrected chi connectivity index (χ3v) is 6.07. The highest BCUT2D eigenvalue weighted by atomic mass is 16.5. The minimum Gasteiger partial charge on any atom is -0.486 e. The number of hydrogen-bond acceptors (Lipinski definition) is 3. The van der Waals surface area contributed by atoms with Crippen molar-refractivity contribution >= 4 is 16.9 Å². The van der Waals surface area contributed by atoms with Crippen molar-refractivity contribution < 1.29 is 9.53 Å². The van der Waals surface area contributed by atoms with E-state index < -0.39 is 0 Å². The number of amides is 1. The Morgan fingerprint density at radius 3 is 2.63 bits per heavy atom. The van der Waals surface area contributed by atoms with Crippen LogP contribution in [0.2, 0.25) is 0 Å². The van der Waals surface area contributed by atoms with Gasteiger partial charge in [0.25, 0.3) is 0 Å². The van der Waals surface area contributed by atoms with Gasteiger partial charge in [-0.2, -0.15) is 0 Å². The van der Waals surface area contributed by atoms with Gasteiger partial charge in [0.05, 0.1) is 11.0 Å². The molecule has 3 aromatic rings. The monoisotopic (exact) mass is 405 g/mol. The Hall–Kier alpha value is -2.82. The van der Waals surface area contributed by atoms with E-state index in [1.54, 1.807) is 0 Å². The van der Waals surface area contributed by atoms with Gasteiger partial charge in [0, 0.05) is 12.6 Å². The summed E-state index contributed by atoms with van der Waals surface area (Å²) in [7, 11) is 0. The van der Waals surface area contributed by atoms with Gasteiger partial charge in [0.1, 0.15) is 24.7 Å². The van der Waals surface area contributed by atoms with Crippen molar-refractivity contribution in [1.29, 1.82) is 0 Å². The fraction of sp³-hybridized carbons (Fsp3) is 0.440. The number of rotatable bonds is 6. The zero-order chi connectivity index (χ0) is 21.1. The maximum absolute atomic E-state index is 13.1. The molecule has 0 radical (unpaired) electrons. The maximum Gasteiger partial charge on any atom is 0.242 e. The van der Waals surface area contributed by atoms with E-state index in [2.05, 4.69) is 32.9 Å². The number of benzene rings is 2. The van der Waals surface area contributed by atoms with Crippen LogP contribution in [0.4, 0.5) is 0 Å². The lowest BCUT2D eigenvalue weighted by Gasteiger charge is -2.33. The Morgan fingerprint density at radius 1 is 1.13 bits per heavy atom. The molecule has 0 N–H and O–H groups in total. The van der Waals surface area contributed by atoms with Gasteiger partial charge in [-0.05, 0) is 61.9 Å². The van der Waals surface area contributed by atoms with Crippen molar-refractivity contribution in [1.82, 2.24) is 14.5 Å². The number of hydrogen-bond donors (Lipinski definition) is 0. The molecule has 1 saturated heterocycles. The van der Waals surface area contributed by atoms with Crippen LogP contribution in [-0.2, 0) is 17.9 Å². The fourth-order valence-electron chi connectivity index (χ4n) is 4.20. The first-order valence-electron chi connectivity index (χ1n) is 11.0. The van der Waals surface area contributed by atoms with Crippen molar-refractivity contribution in [2.24, 2.45) is 0 Å². The second kappa shape index (κ2) is 8.90. The summed E-state index contributed by atoms with van der Waals surface area (Å²) in [6, 6.07) is 16.5. The maximum atomic E-state index is 13.1. The van der Waals surface area contributed by atoms with Crippen LogP contribution in [0.3, 0.4) is 0 Å². The molecule has 1 amide bonds. The van der Waals surface area contributed by atoms with E-state index in [1.807, 2.05) is 45.9 Å². The molecule has 0 saturated carbocycles. The smallest absolute Gasteiger partial charge is 0.242 e. The van der Waals surface area contributed by atoms with E-state index in [0.717, 1.165) is 42.0 Å². The topological polar surface area (TPSA) is 47.4 Å². The molecule has 0 aliphatic carbocycles. The highest BCUT2D eigenvalue weighted by Gasteiger charge is 2.24. The molecule has 1 aliphatic rings. The van der Waals surface area contributed by atoms with Crippen molar-refractivity contribution in [3.05, 3.63) is 59.9 Å². The van der Waals surface area contributed by atoms with Gasteiger partial charge in [0.15, 0.2) is 0 Å². The van der Waals surface area contributed by atoms with Crippen LogP contribution in [0, 0.1) is 0 Å². The SMILES string of the molecule is CC(C)c1ccc(OCc2nc3ccccc3n2CC(=O)N2CCCCC2C)cc1. The fourth-order valence-corrected chi connectivity index (χ4v) is 4.20. The second-order valence-electron chi connectivity index (χ2n) is 8.55. The lowest BCUT2D eigenvalue weighted by Crippen LogP contribution is -2.43.